The molecule has 2 atom stereocenters. The molecule has 11 heteroatoms. The zero-order chi connectivity index (χ0) is 23.1. The molecule has 3 aliphatic rings. The summed E-state index contributed by atoms with van der Waals surface area (Å²) in [7, 11) is 0. The molecule has 34 heavy (non-hydrogen) atoms. The van der Waals surface area contributed by atoms with Crippen LogP contribution < -0.4 is 15.5 Å². The summed E-state index contributed by atoms with van der Waals surface area (Å²) in [6.07, 6.45) is 8.86. The van der Waals surface area contributed by atoms with Crippen molar-refractivity contribution in [3.8, 4) is 0 Å². The van der Waals surface area contributed by atoms with E-state index in [1.807, 2.05) is 10.3 Å². The van der Waals surface area contributed by atoms with Gasteiger partial charge in [-0.25, -0.2) is 9.97 Å². The largest absolute Gasteiger partial charge is 0.387 e. The Balaban J connectivity index is 1.28. The average Bonchev–Trinajstić information content (AvgIpc) is 3.65. The number of aromatic nitrogens is 5. The first kappa shape index (κ1) is 21.5. The molecule has 1 amide bonds. The van der Waals surface area contributed by atoms with E-state index < -0.39 is 6.10 Å². The maximum atomic E-state index is 13.0. The molecule has 1 unspecified atom stereocenters. The first-order valence-electron chi connectivity index (χ1n) is 12.0. The second kappa shape index (κ2) is 8.95. The van der Waals surface area contributed by atoms with Crippen molar-refractivity contribution in [1.82, 2.24) is 25.1 Å². The van der Waals surface area contributed by atoms with Crippen LogP contribution in [0.2, 0.25) is 0 Å². The van der Waals surface area contributed by atoms with Gasteiger partial charge in [0.25, 0.3) is 0 Å². The van der Waals surface area contributed by atoms with E-state index in [4.69, 9.17) is 9.97 Å². The van der Waals surface area contributed by atoms with Crippen LogP contribution in [0.4, 0.5) is 22.7 Å². The molecular formula is C23H28N8O2S. The molecule has 1 saturated carbocycles. The van der Waals surface area contributed by atoms with E-state index in [2.05, 4.69) is 31.9 Å². The summed E-state index contributed by atoms with van der Waals surface area (Å²) in [6.45, 7) is 0.679. The summed E-state index contributed by atoms with van der Waals surface area (Å²) in [6, 6.07) is 1.68. The Morgan fingerprint density at radius 1 is 1.18 bits per heavy atom. The van der Waals surface area contributed by atoms with Gasteiger partial charge in [-0.05, 0) is 38.5 Å². The van der Waals surface area contributed by atoms with E-state index >= 15 is 0 Å². The van der Waals surface area contributed by atoms with Crippen LogP contribution in [0, 0.1) is 0 Å². The van der Waals surface area contributed by atoms with Crippen LogP contribution in [0.15, 0.2) is 17.6 Å². The lowest BCUT2D eigenvalue weighted by atomic mass is 10.0. The van der Waals surface area contributed by atoms with Crippen LogP contribution in [0.1, 0.15) is 73.9 Å². The standard InChI is InChI=1S/C23H28N8O2S/c32-17-8-7-14-19(17)26-22(31-10-3-6-16(31)21(33)28-23-24-9-11-34-23)27-20(14)25-18-12-15(29-30-18)13-4-1-2-5-13/h9,11-13,16-17,32H,1-8,10H2,(H,24,28,33)(H2,25,26,27,29,30)/t16-,17?/m1/s1. The van der Waals surface area contributed by atoms with Gasteiger partial charge in [0.05, 0.1) is 11.8 Å². The van der Waals surface area contributed by atoms with Gasteiger partial charge >= 0.3 is 0 Å². The zero-order valence-corrected chi connectivity index (χ0v) is 19.6. The number of carbonyl (C=O) groups excluding carboxylic acids is 1. The highest BCUT2D eigenvalue weighted by Gasteiger charge is 2.35. The molecule has 10 nitrogen and oxygen atoms in total. The third-order valence-electron chi connectivity index (χ3n) is 7.12. The van der Waals surface area contributed by atoms with Crippen molar-refractivity contribution < 1.29 is 9.90 Å². The molecule has 2 fully saturated rings. The maximum absolute atomic E-state index is 13.0. The number of amides is 1. The van der Waals surface area contributed by atoms with Gasteiger partial charge in [-0.3, -0.25) is 9.89 Å². The number of nitrogens with one attached hydrogen (secondary N) is 3. The SMILES string of the molecule is O=C(Nc1nccs1)[C@H]1CCCN1c1nc(Nc2cc(C3CCCC3)[nH]n2)c2c(n1)C(O)CC2. The number of carbonyl (C=O) groups is 1. The van der Waals surface area contributed by atoms with Gasteiger partial charge in [0.2, 0.25) is 11.9 Å². The van der Waals surface area contributed by atoms with Crippen molar-refractivity contribution in [2.75, 3.05) is 22.1 Å². The number of thiazole rings is 1. The number of H-pyrrole nitrogens is 1. The quantitative estimate of drug-likeness (QED) is 0.420. The molecule has 6 rings (SSSR count). The van der Waals surface area contributed by atoms with Gasteiger partial charge in [-0.1, -0.05) is 12.8 Å². The fourth-order valence-corrected chi connectivity index (χ4v) is 5.91. The lowest BCUT2D eigenvalue weighted by Gasteiger charge is -2.25. The third kappa shape index (κ3) is 4.03. The van der Waals surface area contributed by atoms with Crippen molar-refractivity contribution in [3.63, 3.8) is 0 Å². The van der Waals surface area contributed by atoms with Gasteiger partial charge in [0.1, 0.15) is 11.9 Å². The highest BCUT2D eigenvalue weighted by Crippen LogP contribution is 2.38. The summed E-state index contributed by atoms with van der Waals surface area (Å²) >= 11 is 1.39. The van der Waals surface area contributed by atoms with Crippen LogP contribution in [0.5, 0.6) is 0 Å². The number of aliphatic hydroxyl groups is 1. The second-order valence-corrected chi connectivity index (χ2v) is 10.2. The van der Waals surface area contributed by atoms with Crippen LogP contribution in [-0.4, -0.2) is 48.7 Å². The van der Waals surface area contributed by atoms with E-state index in [9.17, 15) is 9.90 Å². The number of rotatable bonds is 6. The van der Waals surface area contributed by atoms with E-state index in [-0.39, 0.29) is 11.9 Å². The number of nitrogens with zero attached hydrogens (tertiary/aromatic N) is 5. The van der Waals surface area contributed by atoms with E-state index in [0.29, 0.717) is 54.3 Å². The molecule has 178 valence electrons. The van der Waals surface area contributed by atoms with Crippen LogP contribution in [0.25, 0.3) is 0 Å². The average molecular weight is 481 g/mol. The minimum Gasteiger partial charge on any atom is -0.387 e. The molecule has 4 N–H and O–H groups in total. The number of aromatic amines is 1. The summed E-state index contributed by atoms with van der Waals surface area (Å²) in [5.41, 5.74) is 2.72. The highest BCUT2D eigenvalue weighted by atomic mass is 32.1. The molecule has 1 saturated heterocycles. The fourth-order valence-electron chi connectivity index (χ4n) is 5.38. The van der Waals surface area contributed by atoms with Gasteiger partial charge in [-0.15, -0.1) is 11.3 Å². The normalized spacial score (nSPS) is 22.3. The molecular weight excluding hydrogens is 452 g/mol. The lowest BCUT2D eigenvalue weighted by molar-refractivity contribution is -0.117. The first-order valence-corrected chi connectivity index (χ1v) is 12.9. The Bertz CT molecular complexity index is 1170. The Hall–Kier alpha value is -3.05. The second-order valence-electron chi connectivity index (χ2n) is 9.28. The summed E-state index contributed by atoms with van der Waals surface area (Å²) < 4.78 is 0. The highest BCUT2D eigenvalue weighted by molar-refractivity contribution is 7.13. The van der Waals surface area contributed by atoms with Gasteiger partial charge in [-0.2, -0.15) is 10.1 Å². The molecule has 3 aromatic heterocycles. The predicted octanol–water partition coefficient (Wildman–Crippen LogP) is 3.64. The van der Waals surface area contributed by atoms with Gasteiger partial charge in [0, 0.05) is 41.4 Å². The van der Waals surface area contributed by atoms with Crippen LogP contribution in [0.3, 0.4) is 0 Å². The third-order valence-corrected chi connectivity index (χ3v) is 7.81. The van der Waals surface area contributed by atoms with Crippen molar-refractivity contribution in [2.24, 2.45) is 0 Å². The molecule has 1 aliphatic heterocycles. The number of hydrogen-bond donors (Lipinski definition) is 4. The smallest absolute Gasteiger partial charge is 0.248 e. The Kier molecular flexibility index (Phi) is 5.66. The molecule has 4 heterocycles. The molecule has 0 spiro atoms. The van der Waals surface area contributed by atoms with Crippen molar-refractivity contribution in [1.29, 1.82) is 0 Å². The number of hydrogen-bond acceptors (Lipinski definition) is 9. The summed E-state index contributed by atoms with van der Waals surface area (Å²) in [4.78, 5) is 28.6. The molecule has 0 radical (unpaired) electrons. The summed E-state index contributed by atoms with van der Waals surface area (Å²) in [5, 5.41) is 26.9. The van der Waals surface area contributed by atoms with Gasteiger partial charge < -0.3 is 20.6 Å². The molecule has 0 aromatic carbocycles. The van der Waals surface area contributed by atoms with Crippen LogP contribution >= 0.6 is 11.3 Å². The first-order chi connectivity index (χ1) is 16.7. The van der Waals surface area contributed by atoms with E-state index in [1.54, 1.807) is 6.20 Å². The maximum Gasteiger partial charge on any atom is 0.248 e. The topological polar surface area (TPSA) is 132 Å². The summed E-state index contributed by atoms with van der Waals surface area (Å²) in [5.74, 6) is 2.27. The minimum absolute atomic E-state index is 0.111. The zero-order valence-electron chi connectivity index (χ0n) is 18.8. The number of anilines is 4. The van der Waals surface area contributed by atoms with Crippen molar-refractivity contribution in [2.45, 2.75) is 69.4 Å². The van der Waals surface area contributed by atoms with Crippen molar-refractivity contribution >= 4 is 40.0 Å². The molecule has 2 aliphatic carbocycles. The van der Waals surface area contributed by atoms with Crippen LogP contribution in [-0.2, 0) is 11.2 Å². The van der Waals surface area contributed by atoms with E-state index in [0.717, 1.165) is 23.5 Å². The number of fused-ring (bicyclic) bond motifs is 1. The van der Waals surface area contributed by atoms with Crippen molar-refractivity contribution in [3.05, 3.63) is 34.6 Å². The Labute approximate surface area is 201 Å². The fraction of sp³-hybridized carbons (Fsp3) is 0.522. The Morgan fingerprint density at radius 3 is 2.88 bits per heavy atom. The lowest BCUT2D eigenvalue weighted by Crippen LogP contribution is -2.40. The Morgan fingerprint density at radius 2 is 2.06 bits per heavy atom. The minimum atomic E-state index is -0.629. The van der Waals surface area contributed by atoms with E-state index in [1.165, 1.54) is 37.0 Å². The number of aliphatic hydroxyl groups excluding tert-OH is 1. The molecule has 3 aromatic rings. The molecule has 0 bridgehead atoms. The predicted molar refractivity (Wildman–Crippen MR) is 130 cm³/mol. The van der Waals surface area contributed by atoms with Gasteiger partial charge in [0.15, 0.2) is 10.9 Å². The monoisotopic (exact) mass is 480 g/mol.